The molecule has 37 heavy (non-hydrogen) atoms. The summed E-state index contributed by atoms with van der Waals surface area (Å²) in [5.74, 6) is 0. The molecule has 0 aliphatic rings. The number of aromatic nitrogens is 1. The molecule has 1 heterocycles. The van der Waals surface area contributed by atoms with Gasteiger partial charge in [-0.05, 0) is 34.4 Å². The van der Waals surface area contributed by atoms with Crippen molar-refractivity contribution in [2.75, 3.05) is 0 Å². The second kappa shape index (κ2) is 11.3. The van der Waals surface area contributed by atoms with E-state index < -0.39 is 5.54 Å². The lowest BCUT2D eigenvalue weighted by atomic mass is 9.77. The zero-order chi connectivity index (χ0) is 25.7. The van der Waals surface area contributed by atoms with Gasteiger partial charge in [-0.2, -0.15) is 5.10 Å². The highest BCUT2D eigenvalue weighted by Crippen LogP contribution is 2.36. The third-order valence-corrected chi connectivity index (χ3v) is 8.11. The molecular formula is C30H23BrClN3OS. The highest BCUT2D eigenvalue weighted by molar-refractivity contribution is 9.10. The predicted molar refractivity (Wildman–Crippen MR) is 157 cm³/mol. The normalized spacial score (nSPS) is 11.6. The topological polar surface area (TPSA) is 46.4 Å². The average molecular weight is 589 g/mol. The van der Waals surface area contributed by atoms with Crippen LogP contribution in [0.4, 0.5) is 0 Å². The number of benzene rings is 4. The van der Waals surface area contributed by atoms with Crippen molar-refractivity contribution in [1.29, 1.82) is 0 Å². The highest BCUT2D eigenvalue weighted by Gasteiger charge is 2.36. The maximum atomic E-state index is 12.8. The Morgan fingerprint density at radius 3 is 1.78 bits per heavy atom. The van der Waals surface area contributed by atoms with Crippen molar-refractivity contribution in [3.63, 3.8) is 0 Å². The molecule has 0 amide bonds. The molecule has 1 N–H and O–H groups in total. The van der Waals surface area contributed by atoms with E-state index in [0.29, 0.717) is 16.6 Å². The number of hydrogen-bond donors (Lipinski definition) is 1. The van der Waals surface area contributed by atoms with Crippen LogP contribution in [0, 0.1) is 0 Å². The van der Waals surface area contributed by atoms with E-state index in [1.807, 2.05) is 78.9 Å². The zero-order valence-corrected chi connectivity index (χ0v) is 22.9. The molecule has 4 nitrogen and oxygen atoms in total. The number of rotatable bonds is 8. The van der Waals surface area contributed by atoms with Gasteiger partial charge in [-0.1, -0.05) is 142 Å². The summed E-state index contributed by atoms with van der Waals surface area (Å²) in [7, 11) is 0. The van der Waals surface area contributed by atoms with Crippen LogP contribution in [-0.2, 0) is 12.1 Å². The molecule has 5 aromatic rings. The molecule has 1 aromatic heterocycles. The SMILES string of the molecule is O=c1sc(C=NNC(c2ccccc2)(c2ccccc2)c2ccccc2)c(Cl)n1Cc1ccc(Br)cc1. The van der Waals surface area contributed by atoms with Gasteiger partial charge in [0.05, 0.1) is 17.6 Å². The van der Waals surface area contributed by atoms with E-state index in [1.54, 1.807) is 10.8 Å². The molecule has 0 saturated carbocycles. The molecule has 5 rings (SSSR count). The Morgan fingerprint density at radius 2 is 1.30 bits per heavy atom. The van der Waals surface area contributed by atoms with Gasteiger partial charge in [0.25, 0.3) is 0 Å². The number of hydrazone groups is 1. The summed E-state index contributed by atoms with van der Waals surface area (Å²) in [5, 5.41) is 5.04. The van der Waals surface area contributed by atoms with Gasteiger partial charge in [0.2, 0.25) is 0 Å². The van der Waals surface area contributed by atoms with E-state index in [-0.39, 0.29) is 4.87 Å². The van der Waals surface area contributed by atoms with Crippen molar-refractivity contribution in [2.45, 2.75) is 12.1 Å². The minimum absolute atomic E-state index is 0.130. The van der Waals surface area contributed by atoms with Crippen LogP contribution in [0.15, 0.2) is 130 Å². The maximum absolute atomic E-state index is 12.8. The summed E-state index contributed by atoms with van der Waals surface area (Å²) < 4.78 is 2.55. The van der Waals surface area contributed by atoms with Crippen LogP contribution in [-0.4, -0.2) is 10.8 Å². The first kappa shape index (κ1) is 25.2. The van der Waals surface area contributed by atoms with Crippen molar-refractivity contribution >= 4 is 45.1 Å². The number of hydrogen-bond acceptors (Lipinski definition) is 4. The van der Waals surface area contributed by atoms with Crippen LogP contribution in [0.3, 0.4) is 0 Å². The molecular weight excluding hydrogens is 566 g/mol. The Balaban J connectivity index is 1.53. The quantitative estimate of drug-likeness (QED) is 0.118. The Hall–Kier alpha value is -3.45. The fourth-order valence-corrected chi connectivity index (χ4v) is 5.71. The second-order valence-corrected chi connectivity index (χ2v) is 10.7. The van der Waals surface area contributed by atoms with Gasteiger partial charge >= 0.3 is 4.87 Å². The number of thiazole rings is 1. The van der Waals surface area contributed by atoms with E-state index in [9.17, 15) is 4.79 Å². The van der Waals surface area contributed by atoms with E-state index in [4.69, 9.17) is 11.6 Å². The lowest BCUT2D eigenvalue weighted by molar-refractivity contribution is 0.493. The summed E-state index contributed by atoms with van der Waals surface area (Å²) in [6.07, 6.45) is 1.63. The van der Waals surface area contributed by atoms with Crippen LogP contribution in [0.25, 0.3) is 0 Å². The van der Waals surface area contributed by atoms with Crippen molar-refractivity contribution in [3.8, 4) is 0 Å². The van der Waals surface area contributed by atoms with Gasteiger partial charge in [-0.3, -0.25) is 14.8 Å². The Kier molecular flexibility index (Phi) is 7.70. The Morgan fingerprint density at radius 1 is 0.811 bits per heavy atom. The first-order valence-electron chi connectivity index (χ1n) is 11.7. The predicted octanol–water partition coefficient (Wildman–Crippen LogP) is 7.29. The Bertz CT molecular complexity index is 1450. The number of nitrogens with one attached hydrogen (secondary N) is 1. The van der Waals surface area contributed by atoms with Crippen LogP contribution in [0.1, 0.15) is 27.1 Å². The van der Waals surface area contributed by atoms with Crippen LogP contribution in [0.5, 0.6) is 0 Å². The van der Waals surface area contributed by atoms with Crippen LogP contribution in [0.2, 0.25) is 5.15 Å². The van der Waals surface area contributed by atoms with Crippen molar-refractivity contribution in [2.24, 2.45) is 5.10 Å². The first-order chi connectivity index (χ1) is 18.1. The molecule has 0 fully saturated rings. The summed E-state index contributed by atoms with van der Waals surface area (Å²) in [4.78, 5) is 13.2. The van der Waals surface area contributed by atoms with Gasteiger partial charge in [0.1, 0.15) is 10.7 Å². The standard InChI is InChI=1S/C30H23BrClN3OS/c31-26-18-16-22(17-19-26)21-35-28(32)27(37-29(35)36)20-33-34-30(23-10-4-1-5-11-23,24-12-6-2-7-13-24)25-14-8-3-9-15-25/h1-20,34H,21H2. The smallest absolute Gasteiger partial charge is 0.290 e. The third-order valence-electron chi connectivity index (χ3n) is 6.15. The van der Waals surface area contributed by atoms with Crippen LogP contribution < -0.4 is 10.3 Å². The summed E-state index contributed by atoms with van der Waals surface area (Å²) in [6, 6.07) is 38.5. The molecule has 0 unspecified atom stereocenters. The summed E-state index contributed by atoms with van der Waals surface area (Å²) in [6.45, 7) is 0.394. The number of halogens is 2. The van der Waals surface area contributed by atoms with Gasteiger partial charge in [0.15, 0.2) is 0 Å². The summed E-state index contributed by atoms with van der Waals surface area (Å²) >= 11 is 11.2. The van der Waals surface area contributed by atoms with E-state index in [2.05, 4.69) is 62.9 Å². The van der Waals surface area contributed by atoms with Crippen molar-refractivity contribution < 1.29 is 0 Å². The third kappa shape index (κ3) is 5.32. The number of nitrogens with zero attached hydrogens (tertiary/aromatic N) is 2. The highest BCUT2D eigenvalue weighted by atomic mass is 79.9. The van der Waals surface area contributed by atoms with Gasteiger partial charge < -0.3 is 0 Å². The molecule has 7 heteroatoms. The zero-order valence-electron chi connectivity index (χ0n) is 19.7. The fraction of sp³-hybridized carbons (Fsp3) is 0.0667. The second-order valence-electron chi connectivity index (χ2n) is 8.45. The van der Waals surface area contributed by atoms with Crippen LogP contribution >= 0.6 is 38.9 Å². The molecule has 0 atom stereocenters. The molecule has 0 bridgehead atoms. The lowest BCUT2D eigenvalue weighted by Gasteiger charge is -2.35. The molecule has 0 aliphatic carbocycles. The monoisotopic (exact) mass is 587 g/mol. The minimum atomic E-state index is -0.752. The van der Waals surface area contributed by atoms with E-state index >= 15 is 0 Å². The van der Waals surface area contributed by atoms with E-state index in [1.165, 1.54) is 0 Å². The van der Waals surface area contributed by atoms with Crippen molar-refractivity contribution in [3.05, 3.63) is 162 Å². The average Bonchev–Trinajstić information content (AvgIpc) is 3.21. The first-order valence-corrected chi connectivity index (χ1v) is 13.7. The lowest BCUT2D eigenvalue weighted by Crippen LogP contribution is -2.41. The van der Waals surface area contributed by atoms with Gasteiger partial charge in [-0.15, -0.1) is 0 Å². The molecule has 4 aromatic carbocycles. The molecule has 184 valence electrons. The van der Waals surface area contributed by atoms with Crippen molar-refractivity contribution in [1.82, 2.24) is 9.99 Å². The van der Waals surface area contributed by atoms with E-state index in [0.717, 1.165) is 38.1 Å². The van der Waals surface area contributed by atoms with Gasteiger partial charge in [0, 0.05) is 4.47 Å². The fourth-order valence-electron chi connectivity index (χ4n) is 4.34. The molecule has 0 radical (unpaired) electrons. The summed E-state index contributed by atoms with van der Waals surface area (Å²) in [5.41, 5.74) is 6.80. The molecule has 0 spiro atoms. The minimum Gasteiger partial charge on any atom is -0.290 e. The largest absolute Gasteiger partial charge is 0.309 e. The van der Waals surface area contributed by atoms with Gasteiger partial charge in [-0.25, -0.2) is 0 Å². The molecule has 0 aliphatic heterocycles. The molecule has 0 saturated heterocycles. The maximum Gasteiger partial charge on any atom is 0.309 e. The Labute approximate surface area is 233 Å².